The van der Waals surface area contributed by atoms with Crippen LogP contribution >= 0.6 is 0 Å². The molecule has 0 radical (unpaired) electrons. The Kier molecular flexibility index (Phi) is 13.8. The molecule has 7 heteroatoms. The first-order valence-corrected chi connectivity index (χ1v) is 7.50. The molecule has 124 valence electrons. The molecule has 0 aliphatic heterocycles. The van der Waals surface area contributed by atoms with Crippen LogP contribution in [0.2, 0.25) is 0 Å². The van der Waals surface area contributed by atoms with E-state index in [0.29, 0.717) is 26.3 Å². The van der Waals surface area contributed by atoms with Crippen LogP contribution in [0.15, 0.2) is 0 Å². The van der Waals surface area contributed by atoms with Crippen LogP contribution in [0.3, 0.4) is 0 Å². The Morgan fingerprint density at radius 3 is 1.48 bits per heavy atom. The van der Waals surface area contributed by atoms with Crippen LogP contribution in [0.4, 0.5) is 9.59 Å². The zero-order chi connectivity index (χ0) is 15.8. The Balaban J connectivity index is 3.24. The van der Waals surface area contributed by atoms with Gasteiger partial charge in [0, 0.05) is 13.1 Å². The smallest absolute Gasteiger partial charge is 0.434 e. The van der Waals surface area contributed by atoms with Crippen LogP contribution in [0.5, 0.6) is 0 Å². The van der Waals surface area contributed by atoms with E-state index in [-0.39, 0.29) is 13.2 Å². The normalized spacial score (nSPS) is 10.0. The van der Waals surface area contributed by atoms with E-state index in [2.05, 4.69) is 5.32 Å². The number of rotatable bonds is 12. The van der Waals surface area contributed by atoms with E-state index >= 15 is 0 Å². The third kappa shape index (κ3) is 14.7. The summed E-state index contributed by atoms with van der Waals surface area (Å²) < 4.78 is 19.3. The number of carbonyl (C=O) groups is 2. The zero-order valence-corrected chi connectivity index (χ0v) is 13.0. The van der Waals surface area contributed by atoms with Crippen molar-refractivity contribution < 1.29 is 28.5 Å². The van der Waals surface area contributed by atoms with E-state index < -0.39 is 12.3 Å². The highest BCUT2D eigenvalue weighted by Crippen LogP contribution is 1.92. The predicted molar refractivity (Wildman–Crippen MR) is 77.3 cm³/mol. The summed E-state index contributed by atoms with van der Waals surface area (Å²) in [5, 5.41) is 2.97. The minimum Gasteiger partial charge on any atom is -0.434 e. The SMILES string of the molecule is CCCCOC(=O)OCCNCCOC(=O)OCCCC. The number of nitrogens with one attached hydrogen (secondary N) is 1. The molecule has 0 bridgehead atoms. The first kappa shape index (κ1) is 19.5. The third-order valence-electron chi connectivity index (χ3n) is 2.43. The molecule has 0 unspecified atom stereocenters. The molecule has 21 heavy (non-hydrogen) atoms. The quantitative estimate of drug-likeness (QED) is 0.438. The van der Waals surface area contributed by atoms with Gasteiger partial charge in [-0.3, -0.25) is 0 Å². The molecule has 0 saturated heterocycles. The van der Waals surface area contributed by atoms with Gasteiger partial charge < -0.3 is 24.3 Å². The maximum absolute atomic E-state index is 11.1. The van der Waals surface area contributed by atoms with Crippen LogP contribution in [0, 0.1) is 0 Å². The summed E-state index contributed by atoms with van der Waals surface area (Å²) in [5.74, 6) is 0. The summed E-state index contributed by atoms with van der Waals surface area (Å²) in [5.41, 5.74) is 0. The van der Waals surface area contributed by atoms with Gasteiger partial charge in [0.2, 0.25) is 0 Å². The van der Waals surface area contributed by atoms with E-state index in [1.165, 1.54) is 0 Å². The lowest BCUT2D eigenvalue weighted by molar-refractivity contribution is 0.0516. The Labute approximate surface area is 126 Å². The molecule has 0 aliphatic carbocycles. The van der Waals surface area contributed by atoms with Gasteiger partial charge in [-0.15, -0.1) is 0 Å². The first-order chi connectivity index (χ1) is 10.2. The average Bonchev–Trinajstić information content (AvgIpc) is 2.47. The van der Waals surface area contributed by atoms with Gasteiger partial charge in [-0.2, -0.15) is 0 Å². The number of hydrogen-bond donors (Lipinski definition) is 1. The monoisotopic (exact) mass is 305 g/mol. The van der Waals surface area contributed by atoms with Crippen molar-refractivity contribution in [3.8, 4) is 0 Å². The molecule has 0 rings (SSSR count). The van der Waals surface area contributed by atoms with Crippen LogP contribution in [-0.2, 0) is 18.9 Å². The number of unbranched alkanes of at least 4 members (excludes halogenated alkanes) is 2. The number of ether oxygens (including phenoxy) is 4. The maximum atomic E-state index is 11.1. The Bertz CT molecular complexity index is 246. The molecule has 0 spiro atoms. The van der Waals surface area contributed by atoms with Crippen LogP contribution < -0.4 is 5.32 Å². The second-order valence-electron chi connectivity index (χ2n) is 4.35. The van der Waals surface area contributed by atoms with Crippen molar-refractivity contribution >= 4 is 12.3 Å². The van der Waals surface area contributed by atoms with E-state index in [1.807, 2.05) is 13.8 Å². The largest absolute Gasteiger partial charge is 0.508 e. The molecule has 1 N–H and O–H groups in total. The standard InChI is InChI=1S/C14H27NO6/c1-3-5-9-18-13(16)20-11-7-15-8-12-21-14(17)19-10-6-4-2/h15H,3-12H2,1-2H3. The van der Waals surface area contributed by atoms with Gasteiger partial charge >= 0.3 is 12.3 Å². The van der Waals surface area contributed by atoms with Gasteiger partial charge in [-0.1, -0.05) is 26.7 Å². The van der Waals surface area contributed by atoms with E-state index in [0.717, 1.165) is 25.7 Å². The molecule has 0 heterocycles. The molecular weight excluding hydrogens is 278 g/mol. The Morgan fingerprint density at radius 2 is 1.10 bits per heavy atom. The lowest BCUT2D eigenvalue weighted by atomic mass is 10.4. The van der Waals surface area contributed by atoms with Gasteiger partial charge in [0.25, 0.3) is 0 Å². The lowest BCUT2D eigenvalue weighted by Crippen LogP contribution is -2.26. The van der Waals surface area contributed by atoms with Gasteiger partial charge in [-0.05, 0) is 12.8 Å². The van der Waals surface area contributed by atoms with Gasteiger partial charge in [0.15, 0.2) is 0 Å². The molecule has 0 aromatic rings. The van der Waals surface area contributed by atoms with Crippen molar-refractivity contribution in [2.24, 2.45) is 0 Å². The topological polar surface area (TPSA) is 83.1 Å². The molecule has 7 nitrogen and oxygen atoms in total. The van der Waals surface area contributed by atoms with Crippen molar-refractivity contribution in [3.05, 3.63) is 0 Å². The molecule has 0 fully saturated rings. The maximum Gasteiger partial charge on any atom is 0.508 e. The summed E-state index contributed by atoms with van der Waals surface area (Å²) in [6, 6.07) is 0. The fourth-order valence-electron chi connectivity index (χ4n) is 1.22. The highest BCUT2D eigenvalue weighted by Gasteiger charge is 2.03. The fraction of sp³-hybridized carbons (Fsp3) is 0.857. The second-order valence-corrected chi connectivity index (χ2v) is 4.35. The summed E-state index contributed by atoms with van der Waals surface area (Å²) in [6.45, 7) is 6.17. The van der Waals surface area contributed by atoms with Crippen LogP contribution in [0.25, 0.3) is 0 Å². The minimum absolute atomic E-state index is 0.214. The van der Waals surface area contributed by atoms with Gasteiger partial charge in [0.1, 0.15) is 13.2 Å². The van der Waals surface area contributed by atoms with Crippen LogP contribution in [-0.4, -0.2) is 51.8 Å². The molecule has 0 aromatic heterocycles. The molecule has 0 saturated carbocycles. The van der Waals surface area contributed by atoms with Crippen LogP contribution in [0.1, 0.15) is 39.5 Å². The van der Waals surface area contributed by atoms with Crippen molar-refractivity contribution in [1.82, 2.24) is 5.32 Å². The Hall–Kier alpha value is -1.50. The van der Waals surface area contributed by atoms with Crippen molar-refractivity contribution in [1.29, 1.82) is 0 Å². The molecular formula is C14H27NO6. The lowest BCUT2D eigenvalue weighted by Gasteiger charge is -2.08. The number of carbonyl (C=O) groups excluding carboxylic acids is 2. The first-order valence-electron chi connectivity index (χ1n) is 7.50. The molecule has 0 amide bonds. The average molecular weight is 305 g/mol. The number of hydrogen-bond acceptors (Lipinski definition) is 7. The summed E-state index contributed by atoms with van der Waals surface area (Å²) in [4.78, 5) is 22.1. The summed E-state index contributed by atoms with van der Waals surface area (Å²) in [7, 11) is 0. The highest BCUT2D eigenvalue weighted by atomic mass is 16.7. The second kappa shape index (κ2) is 14.9. The van der Waals surface area contributed by atoms with Gasteiger partial charge in [-0.25, -0.2) is 9.59 Å². The fourth-order valence-corrected chi connectivity index (χ4v) is 1.22. The highest BCUT2D eigenvalue weighted by molar-refractivity contribution is 5.60. The molecule has 0 aromatic carbocycles. The van der Waals surface area contributed by atoms with Crippen molar-refractivity contribution in [3.63, 3.8) is 0 Å². The van der Waals surface area contributed by atoms with Crippen molar-refractivity contribution in [2.75, 3.05) is 39.5 Å². The minimum atomic E-state index is -0.652. The summed E-state index contributed by atoms with van der Waals surface area (Å²) in [6.07, 6.45) is 2.30. The zero-order valence-electron chi connectivity index (χ0n) is 13.0. The molecule has 0 aliphatic rings. The van der Waals surface area contributed by atoms with E-state index in [9.17, 15) is 9.59 Å². The van der Waals surface area contributed by atoms with Crippen molar-refractivity contribution in [2.45, 2.75) is 39.5 Å². The third-order valence-corrected chi connectivity index (χ3v) is 2.43. The van der Waals surface area contributed by atoms with E-state index in [4.69, 9.17) is 18.9 Å². The molecule has 0 atom stereocenters. The van der Waals surface area contributed by atoms with E-state index in [1.54, 1.807) is 0 Å². The Morgan fingerprint density at radius 1 is 0.714 bits per heavy atom. The summed E-state index contributed by atoms with van der Waals surface area (Å²) >= 11 is 0. The van der Waals surface area contributed by atoms with Gasteiger partial charge in [0.05, 0.1) is 13.2 Å². The predicted octanol–water partition coefficient (Wildman–Crippen LogP) is 2.48.